The minimum atomic E-state index is -1.13. The van der Waals surface area contributed by atoms with Gasteiger partial charge in [0.25, 0.3) is 5.91 Å². The zero-order valence-corrected chi connectivity index (χ0v) is 12.5. The first-order chi connectivity index (χ1) is 12.0. The van der Waals surface area contributed by atoms with E-state index in [-0.39, 0.29) is 23.0 Å². The molecule has 0 spiro atoms. The van der Waals surface area contributed by atoms with Crippen molar-refractivity contribution < 1.29 is 22.7 Å². The Balaban J connectivity index is 1.69. The molecule has 3 aromatic rings. The van der Waals surface area contributed by atoms with Gasteiger partial charge in [-0.2, -0.15) is 0 Å². The number of amides is 1. The molecule has 1 N–H and O–H groups in total. The van der Waals surface area contributed by atoms with E-state index in [1.807, 2.05) is 0 Å². The van der Waals surface area contributed by atoms with Crippen molar-refractivity contribution in [3.05, 3.63) is 77.9 Å². The second-order valence-electron chi connectivity index (χ2n) is 4.87. The van der Waals surface area contributed by atoms with Crippen molar-refractivity contribution in [3.8, 4) is 11.8 Å². The van der Waals surface area contributed by atoms with Crippen LogP contribution in [0.4, 0.5) is 18.9 Å². The summed E-state index contributed by atoms with van der Waals surface area (Å²) in [6.45, 7) is 0. The summed E-state index contributed by atoms with van der Waals surface area (Å²) in [6.07, 6.45) is 2.47. The first-order valence-corrected chi connectivity index (χ1v) is 7.04. The van der Waals surface area contributed by atoms with Crippen molar-refractivity contribution in [1.29, 1.82) is 0 Å². The molecule has 0 fully saturated rings. The Labute approximate surface area is 140 Å². The van der Waals surface area contributed by atoms with E-state index >= 15 is 0 Å². The molecule has 0 radical (unpaired) electrons. The third kappa shape index (κ3) is 3.92. The molecule has 0 bridgehead atoms. The molecule has 0 aliphatic heterocycles. The monoisotopic (exact) mass is 345 g/mol. The van der Waals surface area contributed by atoms with Gasteiger partial charge >= 0.3 is 6.01 Å². The largest absolute Gasteiger partial charge is 0.421 e. The molecule has 3 rings (SSSR count). The molecule has 0 unspecified atom stereocenters. The fraction of sp³-hybridized carbons (Fsp3) is 0. The average Bonchev–Trinajstić information content (AvgIpc) is 2.61. The van der Waals surface area contributed by atoms with Gasteiger partial charge in [0.05, 0.1) is 18.1 Å². The highest BCUT2D eigenvalue weighted by Crippen LogP contribution is 2.21. The van der Waals surface area contributed by atoms with Crippen LogP contribution in [0.3, 0.4) is 0 Å². The minimum Gasteiger partial charge on any atom is -0.421 e. The van der Waals surface area contributed by atoms with Crippen LogP contribution in [-0.2, 0) is 0 Å². The molecule has 1 aromatic heterocycles. The quantitative estimate of drug-likeness (QED) is 0.778. The zero-order valence-electron chi connectivity index (χ0n) is 12.5. The van der Waals surface area contributed by atoms with E-state index in [1.54, 1.807) is 6.07 Å². The Morgan fingerprint density at radius 2 is 1.64 bits per heavy atom. The number of aromatic nitrogens is 2. The summed E-state index contributed by atoms with van der Waals surface area (Å²) in [5.74, 6) is -3.44. The lowest BCUT2D eigenvalue weighted by atomic mass is 10.2. The Kier molecular flexibility index (Phi) is 4.60. The van der Waals surface area contributed by atoms with Gasteiger partial charge in [0, 0.05) is 5.56 Å². The molecule has 25 heavy (non-hydrogen) atoms. The highest BCUT2D eigenvalue weighted by molar-refractivity contribution is 6.04. The van der Waals surface area contributed by atoms with Gasteiger partial charge in [0.15, 0.2) is 23.2 Å². The van der Waals surface area contributed by atoms with Crippen molar-refractivity contribution in [2.75, 3.05) is 5.32 Å². The number of carbonyl (C=O) groups is 1. The normalized spacial score (nSPS) is 10.4. The SMILES string of the molecule is O=C(Nc1cnc(Oc2ccccc2F)nc1)c1ccc(F)c(F)c1. The van der Waals surface area contributed by atoms with E-state index in [0.29, 0.717) is 0 Å². The van der Waals surface area contributed by atoms with Crippen LogP contribution in [-0.4, -0.2) is 15.9 Å². The number of nitrogens with one attached hydrogen (secondary N) is 1. The number of halogens is 3. The third-order valence-electron chi connectivity index (χ3n) is 3.11. The zero-order chi connectivity index (χ0) is 17.8. The number of hydrogen-bond acceptors (Lipinski definition) is 4. The van der Waals surface area contributed by atoms with Crippen LogP contribution in [0.2, 0.25) is 0 Å². The summed E-state index contributed by atoms with van der Waals surface area (Å²) in [5.41, 5.74) is 0.140. The number of ether oxygens (including phenoxy) is 1. The van der Waals surface area contributed by atoms with Crippen molar-refractivity contribution in [2.24, 2.45) is 0 Å². The number of nitrogens with zero attached hydrogens (tertiary/aromatic N) is 2. The van der Waals surface area contributed by atoms with Crippen LogP contribution in [0.5, 0.6) is 11.8 Å². The topological polar surface area (TPSA) is 64.1 Å². The molecule has 0 saturated heterocycles. The minimum absolute atomic E-state index is 0.0407. The number of hydrogen-bond donors (Lipinski definition) is 1. The molecule has 2 aromatic carbocycles. The van der Waals surface area contributed by atoms with Crippen molar-refractivity contribution in [2.45, 2.75) is 0 Å². The summed E-state index contributed by atoms with van der Waals surface area (Å²) in [4.78, 5) is 19.7. The summed E-state index contributed by atoms with van der Waals surface area (Å²) in [7, 11) is 0. The first kappa shape index (κ1) is 16.4. The number of carbonyl (C=O) groups excluding carboxylic acids is 1. The molecule has 0 saturated carbocycles. The van der Waals surface area contributed by atoms with Crippen LogP contribution in [0.25, 0.3) is 0 Å². The molecule has 8 heteroatoms. The van der Waals surface area contributed by atoms with E-state index in [4.69, 9.17) is 4.74 Å². The predicted octanol–water partition coefficient (Wildman–Crippen LogP) is 3.94. The number of benzene rings is 2. The van der Waals surface area contributed by atoms with Gasteiger partial charge in [0.1, 0.15) is 0 Å². The maximum atomic E-state index is 13.5. The lowest BCUT2D eigenvalue weighted by Gasteiger charge is -2.07. The third-order valence-corrected chi connectivity index (χ3v) is 3.11. The highest BCUT2D eigenvalue weighted by atomic mass is 19.2. The van der Waals surface area contributed by atoms with E-state index in [9.17, 15) is 18.0 Å². The van der Waals surface area contributed by atoms with E-state index in [2.05, 4.69) is 15.3 Å². The van der Waals surface area contributed by atoms with Crippen LogP contribution < -0.4 is 10.1 Å². The standard InChI is InChI=1S/C17H10F3N3O2/c18-12-6-5-10(7-14(12)20)16(24)23-11-8-21-17(22-9-11)25-15-4-2-1-3-13(15)19/h1-9H,(H,23,24). The van der Waals surface area contributed by atoms with Crippen molar-refractivity contribution in [1.82, 2.24) is 9.97 Å². The van der Waals surface area contributed by atoms with Gasteiger partial charge < -0.3 is 10.1 Å². The molecule has 0 atom stereocenters. The van der Waals surface area contributed by atoms with E-state index < -0.39 is 23.4 Å². The molecule has 0 aliphatic carbocycles. The fourth-order valence-corrected chi connectivity index (χ4v) is 1.90. The van der Waals surface area contributed by atoms with Crippen LogP contribution in [0.15, 0.2) is 54.9 Å². The summed E-state index contributed by atoms with van der Waals surface area (Å²) < 4.78 is 44.7. The summed E-state index contributed by atoms with van der Waals surface area (Å²) in [5, 5.41) is 2.42. The van der Waals surface area contributed by atoms with Crippen molar-refractivity contribution >= 4 is 11.6 Å². The molecule has 126 valence electrons. The highest BCUT2D eigenvalue weighted by Gasteiger charge is 2.11. The first-order valence-electron chi connectivity index (χ1n) is 7.04. The fourth-order valence-electron chi connectivity index (χ4n) is 1.90. The molecular weight excluding hydrogens is 335 g/mol. The van der Waals surface area contributed by atoms with Gasteiger partial charge in [-0.1, -0.05) is 12.1 Å². The van der Waals surface area contributed by atoms with Gasteiger partial charge in [-0.3, -0.25) is 4.79 Å². The lowest BCUT2D eigenvalue weighted by Crippen LogP contribution is -2.13. The second kappa shape index (κ2) is 7.00. The average molecular weight is 345 g/mol. The van der Waals surface area contributed by atoms with Gasteiger partial charge in [-0.05, 0) is 30.3 Å². The van der Waals surface area contributed by atoms with Gasteiger partial charge in [0.2, 0.25) is 0 Å². The van der Waals surface area contributed by atoms with E-state index in [0.717, 1.165) is 18.2 Å². The van der Waals surface area contributed by atoms with Crippen LogP contribution >= 0.6 is 0 Å². The molecule has 1 amide bonds. The summed E-state index contributed by atoms with van der Waals surface area (Å²) in [6, 6.07) is 8.41. The molecule has 0 aliphatic rings. The van der Waals surface area contributed by atoms with Crippen LogP contribution in [0, 0.1) is 17.5 Å². The number of para-hydroxylation sites is 1. The predicted molar refractivity (Wildman–Crippen MR) is 82.8 cm³/mol. The smallest absolute Gasteiger partial charge is 0.322 e. The summed E-state index contributed by atoms with van der Waals surface area (Å²) >= 11 is 0. The molecular formula is C17H10F3N3O2. The van der Waals surface area contributed by atoms with E-state index in [1.165, 1.54) is 30.6 Å². The Morgan fingerprint density at radius 3 is 2.32 bits per heavy atom. The number of rotatable bonds is 4. The maximum absolute atomic E-state index is 13.5. The molecule has 5 nitrogen and oxygen atoms in total. The second-order valence-corrected chi connectivity index (χ2v) is 4.87. The Bertz CT molecular complexity index is 917. The maximum Gasteiger partial charge on any atom is 0.322 e. The Hall–Kier alpha value is -3.42. The van der Waals surface area contributed by atoms with Crippen molar-refractivity contribution in [3.63, 3.8) is 0 Å². The van der Waals surface area contributed by atoms with Gasteiger partial charge in [-0.25, -0.2) is 23.1 Å². The lowest BCUT2D eigenvalue weighted by molar-refractivity contribution is 0.102. The Morgan fingerprint density at radius 1 is 0.920 bits per heavy atom. The van der Waals surface area contributed by atoms with Gasteiger partial charge in [-0.15, -0.1) is 0 Å². The van der Waals surface area contributed by atoms with Crippen LogP contribution in [0.1, 0.15) is 10.4 Å². The number of anilines is 1. The molecule has 1 heterocycles.